The van der Waals surface area contributed by atoms with Gasteiger partial charge >= 0.3 is 0 Å². The van der Waals surface area contributed by atoms with Gasteiger partial charge in [0.1, 0.15) is 17.3 Å². The summed E-state index contributed by atoms with van der Waals surface area (Å²) in [6.45, 7) is 0.448. The lowest BCUT2D eigenvalue weighted by Gasteiger charge is -2.07. The van der Waals surface area contributed by atoms with Gasteiger partial charge in [-0.15, -0.1) is 0 Å². The van der Waals surface area contributed by atoms with Crippen molar-refractivity contribution in [2.24, 2.45) is 0 Å². The molecule has 0 bridgehead atoms. The summed E-state index contributed by atoms with van der Waals surface area (Å²) in [4.78, 5) is 4.85. The Morgan fingerprint density at radius 1 is 0.611 bits per heavy atom. The van der Waals surface area contributed by atoms with Crippen molar-refractivity contribution in [2.45, 2.75) is 6.54 Å². The summed E-state index contributed by atoms with van der Waals surface area (Å²) >= 11 is 24.7. The van der Waals surface area contributed by atoms with Gasteiger partial charge in [-0.1, -0.05) is 58.5 Å². The van der Waals surface area contributed by atoms with E-state index in [1.165, 1.54) is 0 Å². The van der Waals surface area contributed by atoms with Gasteiger partial charge in [0.25, 0.3) is 0 Å². The zero-order valence-corrected chi connectivity index (χ0v) is 21.5. The number of hydrogen-bond donors (Lipinski definition) is 0. The average molecular weight is 554 g/mol. The van der Waals surface area contributed by atoms with Crippen LogP contribution in [0.5, 0.6) is 0 Å². The molecule has 0 radical (unpaired) electrons. The van der Waals surface area contributed by atoms with E-state index in [-0.39, 0.29) is 0 Å². The lowest BCUT2D eigenvalue weighted by Crippen LogP contribution is -2.00. The quantitative estimate of drug-likeness (QED) is 0.213. The van der Waals surface area contributed by atoms with Gasteiger partial charge in [-0.3, -0.25) is 0 Å². The summed E-state index contributed by atoms with van der Waals surface area (Å²) < 4.78 is 14.4. The van der Waals surface area contributed by atoms with Crippen LogP contribution in [0.1, 0.15) is 5.76 Å². The van der Waals surface area contributed by atoms with Crippen molar-refractivity contribution >= 4 is 57.4 Å². The summed E-state index contributed by atoms with van der Waals surface area (Å²) in [5.74, 6) is 3.37. The van der Waals surface area contributed by atoms with Crippen molar-refractivity contribution in [3.05, 3.63) is 111 Å². The van der Waals surface area contributed by atoms with Gasteiger partial charge in [0, 0.05) is 31.2 Å². The summed E-state index contributed by atoms with van der Waals surface area (Å²) in [5.41, 5.74) is 3.41. The molecule has 0 saturated carbocycles. The number of benzene rings is 3. The van der Waals surface area contributed by atoms with E-state index < -0.39 is 0 Å². The van der Waals surface area contributed by atoms with Crippen LogP contribution in [0, 0.1) is 0 Å². The van der Waals surface area contributed by atoms with Gasteiger partial charge in [0.15, 0.2) is 11.6 Å². The third-order valence-electron chi connectivity index (χ3n) is 5.75. The van der Waals surface area contributed by atoms with Crippen molar-refractivity contribution in [3.63, 3.8) is 0 Å². The number of aromatic nitrogens is 2. The molecule has 0 aliphatic carbocycles. The minimum absolute atomic E-state index is 0.448. The highest BCUT2D eigenvalue weighted by molar-refractivity contribution is 6.35. The topological polar surface area (TPSA) is 44.1 Å². The fourth-order valence-corrected chi connectivity index (χ4v) is 5.26. The Labute approximate surface area is 226 Å². The number of fused-ring (bicyclic) bond motifs is 1. The van der Waals surface area contributed by atoms with Crippen molar-refractivity contribution in [3.8, 4) is 34.2 Å². The number of para-hydroxylation sites is 2. The summed E-state index contributed by atoms with van der Waals surface area (Å²) in [7, 11) is 0. The molecule has 6 rings (SSSR count). The molecule has 0 unspecified atom stereocenters. The first-order chi connectivity index (χ1) is 17.4. The third-order valence-corrected chi connectivity index (χ3v) is 6.62. The number of furan rings is 2. The highest BCUT2D eigenvalue weighted by Crippen LogP contribution is 2.34. The van der Waals surface area contributed by atoms with E-state index in [1.54, 1.807) is 12.1 Å². The van der Waals surface area contributed by atoms with Crippen LogP contribution < -0.4 is 0 Å². The standard InChI is InChI=1S/C28H16Cl4N2O2/c29-18-9-16(10-19(30)13-18)25-6-5-22(35-25)15-34-24-4-2-1-3-23(24)33-28(34)27-8-7-26(36-27)17-11-20(31)14-21(32)12-17/h1-14H,15H2. The van der Waals surface area contributed by atoms with Crippen LogP contribution in [0.25, 0.3) is 45.3 Å². The number of nitrogens with zero attached hydrogens (tertiary/aromatic N) is 2. The predicted molar refractivity (Wildman–Crippen MR) is 146 cm³/mol. The number of rotatable bonds is 5. The van der Waals surface area contributed by atoms with Gasteiger partial charge in [0.2, 0.25) is 0 Å². The normalized spacial score (nSPS) is 11.4. The van der Waals surface area contributed by atoms with Crippen LogP contribution >= 0.6 is 46.4 Å². The second-order valence-electron chi connectivity index (χ2n) is 8.26. The summed E-state index contributed by atoms with van der Waals surface area (Å²) in [5, 5.41) is 2.18. The van der Waals surface area contributed by atoms with Crippen molar-refractivity contribution in [2.75, 3.05) is 0 Å². The van der Waals surface area contributed by atoms with Crippen LogP contribution in [0.4, 0.5) is 0 Å². The molecule has 3 heterocycles. The van der Waals surface area contributed by atoms with Crippen molar-refractivity contribution in [1.29, 1.82) is 0 Å². The van der Waals surface area contributed by atoms with Crippen LogP contribution in [0.2, 0.25) is 20.1 Å². The molecule has 0 spiro atoms. The lowest BCUT2D eigenvalue weighted by molar-refractivity contribution is 0.506. The molecule has 36 heavy (non-hydrogen) atoms. The zero-order valence-electron chi connectivity index (χ0n) is 18.5. The molecule has 0 aliphatic rings. The molecular weight excluding hydrogens is 538 g/mol. The molecule has 6 aromatic rings. The van der Waals surface area contributed by atoms with E-state index >= 15 is 0 Å². The maximum atomic E-state index is 6.21. The van der Waals surface area contributed by atoms with Gasteiger partial charge in [-0.2, -0.15) is 0 Å². The average Bonchev–Trinajstić information content (AvgIpc) is 3.57. The van der Waals surface area contributed by atoms with Gasteiger partial charge < -0.3 is 13.4 Å². The summed E-state index contributed by atoms with van der Waals surface area (Å²) in [6.07, 6.45) is 0. The molecule has 0 amide bonds. The Bertz CT molecular complexity index is 1690. The second kappa shape index (κ2) is 9.38. The Balaban J connectivity index is 1.39. The minimum Gasteiger partial charge on any atom is -0.459 e. The molecule has 0 saturated heterocycles. The molecule has 3 aromatic heterocycles. The van der Waals surface area contributed by atoms with E-state index in [1.807, 2.05) is 72.8 Å². The Morgan fingerprint density at radius 3 is 1.83 bits per heavy atom. The van der Waals surface area contributed by atoms with Gasteiger partial charge in [-0.25, -0.2) is 4.98 Å². The smallest absolute Gasteiger partial charge is 0.177 e. The molecule has 4 nitrogen and oxygen atoms in total. The first kappa shape index (κ1) is 23.3. The number of halogens is 4. The highest BCUT2D eigenvalue weighted by Gasteiger charge is 2.18. The fraction of sp³-hybridized carbons (Fsp3) is 0.0357. The van der Waals surface area contributed by atoms with Crippen LogP contribution in [-0.2, 0) is 6.54 Å². The molecule has 8 heteroatoms. The second-order valence-corrected chi connectivity index (χ2v) is 10.0. The molecule has 3 aromatic carbocycles. The fourth-order valence-electron chi connectivity index (χ4n) is 4.20. The Kier molecular flexibility index (Phi) is 6.06. The summed E-state index contributed by atoms with van der Waals surface area (Å²) in [6, 6.07) is 26.2. The van der Waals surface area contributed by atoms with E-state index in [9.17, 15) is 0 Å². The van der Waals surface area contributed by atoms with Crippen molar-refractivity contribution < 1.29 is 8.83 Å². The molecular formula is C28H16Cl4N2O2. The maximum Gasteiger partial charge on any atom is 0.177 e. The monoisotopic (exact) mass is 552 g/mol. The largest absolute Gasteiger partial charge is 0.459 e. The molecule has 0 fully saturated rings. The highest BCUT2D eigenvalue weighted by atomic mass is 35.5. The first-order valence-electron chi connectivity index (χ1n) is 11.0. The minimum atomic E-state index is 0.448. The zero-order chi connectivity index (χ0) is 24.8. The van der Waals surface area contributed by atoms with Gasteiger partial charge in [0.05, 0.1) is 17.6 Å². The Morgan fingerprint density at radius 2 is 1.17 bits per heavy atom. The lowest BCUT2D eigenvalue weighted by atomic mass is 10.2. The molecule has 178 valence electrons. The SMILES string of the molecule is Clc1cc(Cl)cc(-c2ccc(Cn3c(-c4ccc(-c5cc(Cl)cc(Cl)c5)o4)nc4ccccc43)o2)c1. The van der Waals surface area contributed by atoms with Gasteiger partial charge in [-0.05, 0) is 72.8 Å². The molecule has 0 atom stereocenters. The first-order valence-corrected chi connectivity index (χ1v) is 12.5. The van der Waals surface area contributed by atoms with Crippen molar-refractivity contribution in [1.82, 2.24) is 9.55 Å². The third kappa shape index (κ3) is 4.54. The van der Waals surface area contributed by atoms with Crippen LogP contribution in [0.3, 0.4) is 0 Å². The molecule has 0 N–H and O–H groups in total. The number of imidazole rings is 1. The predicted octanol–water partition coefficient (Wildman–Crippen LogP) is 9.89. The van der Waals surface area contributed by atoms with Crippen LogP contribution in [-0.4, -0.2) is 9.55 Å². The number of hydrogen-bond acceptors (Lipinski definition) is 3. The van der Waals surface area contributed by atoms with E-state index in [0.29, 0.717) is 49.7 Å². The van der Waals surface area contributed by atoms with Crippen LogP contribution in [0.15, 0.2) is 93.8 Å². The molecule has 0 aliphatic heterocycles. The van der Waals surface area contributed by atoms with E-state index in [2.05, 4.69) is 4.57 Å². The van der Waals surface area contributed by atoms with E-state index in [0.717, 1.165) is 27.9 Å². The Hall–Kier alpha value is -3.15. The maximum absolute atomic E-state index is 6.21. The van der Waals surface area contributed by atoms with E-state index in [4.69, 9.17) is 60.2 Å².